The van der Waals surface area contributed by atoms with Crippen LogP contribution in [0.15, 0.2) is 30.3 Å². The number of hydrogen-bond acceptors (Lipinski definition) is 2. The molecular weight excluding hydrogens is 312 g/mol. The second kappa shape index (κ2) is 6.60. The minimum Gasteiger partial charge on any atom is -0.478 e. The lowest BCUT2D eigenvalue weighted by Gasteiger charge is -2.58. The van der Waals surface area contributed by atoms with E-state index in [0.717, 1.165) is 24.8 Å². The molecule has 0 spiro atoms. The largest absolute Gasteiger partial charge is 0.478 e. The van der Waals surface area contributed by atoms with Gasteiger partial charge in [0.25, 0.3) is 0 Å². The van der Waals surface area contributed by atoms with Crippen molar-refractivity contribution in [1.82, 2.24) is 0 Å². The minimum atomic E-state index is -0.880. The van der Waals surface area contributed by atoms with Crippen LogP contribution in [0, 0.1) is 22.7 Å². The molecule has 0 aromatic heterocycles. The van der Waals surface area contributed by atoms with Crippen LogP contribution in [0.3, 0.4) is 0 Å². The van der Waals surface area contributed by atoms with Gasteiger partial charge in [0, 0.05) is 0 Å². The zero-order chi connectivity index (χ0) is 18.2. The molecule has 1 aromatic carbocycles. The summed E-state index contributed by atoms with van der Waals surface area (Å²) in [7, 11) is 0. The SMILES string of the molecule is CC1(C)C2CCC[C@H](/C=C/c3ccccc3C(=O)O)[C@@]2(C)CC[C@@H]1O. The van der Waals surface area contributed by atoms with Gasteiger partial charge in [0.2, 0.25) is 0 Å². The smallest absolute Gasteiger partial charge is 0.336 e. The fraction of sp³-hybridized carbons (Fsp3) is 0.591. The quantitative estimate of drug-likeness (QED) is 0.812. The summed E-state index contributed by atoms with van der Waals surface area (Å²) >= 11 is 0. The van der Waals surface area contributed by atoms with Crippen molar-refractivity contribution in [2.24, 2.45) is 22.7 Å². The third-order valence-corrected chi connectivity index (χ3v) is 7.06. The van der Waals surface area contributed by atoms with Crippen molar-refractivity contribution >= 4 is 12.0 Å². The van der Waals surface area contributed by atoms with E-state index in [2.05, 4.69) is 26.8 Å². The Balaban J connectivity index is 1.89. The molecule has 0 saturated heterocycles. The van der Waals surface area contributed by atoms with Crippen molar-refractivity contribution in [3.05, 3.63) is 41.5 Å². The molecule has 2 aliphatic rings. The number of rotatable bonds is 3. The molecule has 2 saturated carbocycles. The van der Waals surface area contributed by atoms with Crippen molar-refractivity contribution in [1.29, 1.82) is 0 Å². The first kappa shape index (κ1) is 18.2. The topological polar surface area (TPSA) is 57.5 Å². The molecule has 0 heterocycles. The highest BCUT2D eigenvalue weighted by atomic mass is 16.4. The van der Waals surface area contributed by atoms with Crippen molar-refractivity contribution < 1.29 is 15.0 Å². The summed E-state index contributed by atoms with van der Waals surface area (Å²) in [5.74, 6) is 0.0525. The van der Waals surface area contributed by atoms with E-state index < -0.39 is 5.97 Å². The van der Waals surface area contributed by atoms with Crippen molar-refractivity contribution in [2.75, 3.05) is 0 Å². The van der Waals surface area contributed by atoms with Gasteiger partial charge in [-0.1, -0.05) is 57.5 Å². The Kier molecular flexibility index (Phi) is 4.80. The lowest BCUT2D eigenvalue weighted by Crippen LogP contribution is -2.53. The van der Waals surface area contributed by atoms with E-state index in [1.165, 1.54) is 12.8 Å². The number of aliphatic hydroxyl groups excluding tert-OH is 1. The molecule has 3 nitrogen and oxygen atoms in total. The monoisotopic (exact) mass is 342 g/mol. The van der Waals surface area contributed by atoms with Gasteiger partial charge in [0.1, 0.15) is 0 Å². The Bertz CT molecular complexity index is 676. The average Bonchev–Trinajstić information content (AvgIpc) is 2.57. The molecule has 1 unspecified atom stereocenters. The van der Waals surface area contributed by atoms with Gasteiger partial charge in [-0.05, 0) is 60.0 Å². The second-order valence-electron chi connectivity index (χ2n) is 8.72. The summed E-state index contributed by atoms with van der Waals surface area (Å²) in [4.78, 5) is 11.4. The molecule has 2 aliphatic carbocycles. The highest BCUT2D eigenvalue weighted by Gasteiger charge is 2.54. The molecule has 3 heteroatoms. The first-order valence-corrected chi connectivity index (χ1v) is 9.45. The van der Waals surface area contributed by atoms with E-state index >= 15 is 0 Å². The molecule has 1 aromatic rings. The first-order valence-electron chi connectivity index (χ1n) is 9.45. The van der Waals surface area contributed by atoms with Crippen LogP contribution in [0.25, 0.3) is 6.08 Å². The number of allylic oxidation sites excluding steroid dienone is 1. The summed E-state index contributed by atoms with van der Waals surface area (Å²) in [6, 6.07) is 7.19. The highest BCUT2D eigenvalue weighted by Crippen LogP contribution is 2.60. The number of carbonyl (C=O) groups is 1. The molecule has 136 valence electrons. The number of carboxylic acids is 1. The van der Waals surface area contributed by atoms with Gasteiger partial charge in [-0.15, -0.1) is 0 Å². The Morgan fingerprint density at radius 1 is 1.16 bits per heavy atom. The summed E-state index contributed by atoms with van der Waals surface area (Å²) in [6.45, 7) is 6.81. The summed E-state index contributed by atoms with van der Waals surface area (Å²) in [5, 5.41) is 19.9. The predicted molar refractivity (Wildman–Crippen MR) is 100 cm³/mol. The molecule has 0 amide bonds. The Labute approximate surface area is 150 Å². The number of hydrogen-bond donors (Lipinski definition) is 2. The molecular formula is C22H30O3. The maximum absolute atomic E-state index is 11.4. The molecule has 4 atom stereocenters. The van der Waals surface area contributed by atoms with Crippen LogP contribution < -0.4 is 0 Å². The van der Waals surface area contributed by atoms with Gasteiger partial charge in [0.15, 0.2) is 0 Å². The van der Waals surface area contributed by atoms with Crippen LogP contribution in [0.2, 0.25) is 0 Å². The van der Waals surface area contributed by atoms with E-state index in [1.807, 2.05) is 18.2 Å². The maximum Gasteiger partial charge on any atom is 0.336 e. The molecule has 0 bridgehead atoms. The van der Waals surface area contributed by atoms with Crippen LogP contribution in [-0.2, 0) is 0 Å². The van der Waals surface area contributed by atoms with E-state index in [4.69, 9.17) is 0 Å². The summed E-state index contributed by atoms with van der Waals surface area (Å²) in [5.41, 5.74) is 1.25. The summed E-state index contributed by atoms with van der Waals surface area (Å²) < 4.78 is 0. The Morgan fingerprint density at radius 3 is 2.60 bits per heavy atom. The molecule has 2 fully saturated rings. The van der Waals surface area contributed by atoms with Gasteiger partial charge in [-0.3, -0.25) is 0 Å². The Morgan fingerprint density at radius 2 is 1.88 bits per heavy atom. The fourth-order valence-electron chi connectivity index (χ4n) is 5.47. The van der Waals surface area contributed by atoms with Crippen LogP contribution in [0.1, 0.15) is 68.8 Å². The molecule has 25 heavy (non-hydrogen) atoms. The van der Waals surface area contributed by atoms with Gasteiger partial charge in [0.05, 0.1) is 11.7 Å². The van der Waals surface area contributed by atoms with E-state index in [9.17, 15) is 15.0 Å². The predicted octanol–water partition coefficient (Wildman–Crippen LogP) is 5.00. The fourth-order valence-corrected chi connectivity index (χ4v) is 5.47. The lowest BCUT2D eigenvalue weighted by atomic mass is 9.47. The van der Waals surface area contributed by atoms with Gasteiger partial charge in [-0.2, -0.15) is 0 Å². The number of aromatic carboxylic acids is 1. The molecule has 0 aliphatic heterocycles. The lowest BCUT2D eigenvalue weighted by molar-refractivity contribution is -0.127. The minimum absolute atomic E-state index is 0.0571. The second-order valence-corrected chi connectivity index (χ2v) is 8.72. The maximum atomic E-state index is 11.4. The molecule has 2 N–H and O–H groups in total. The first-order chi connectivity index (χ1) is 11.8. The molecule has 0 radical (unpaired) electrons. The number of aliphatic hydroxyl groups is 1. The third kappa shape index (κ3) is 3.15. The van der Waals surface area contributed by atoms with Crippen LogP contribution in [0.5, 0.6) is 0 Å². The zero-order valence-corrected chi connectivity index (χ0v) is 15.5. The van der Waals surface area contributed by atoms with E-state index in [0.29, 0.717) is 17.4 Å². The standard InChI is InChI=1S/C22H30O3/c1-21(2)18-10-6-8-16(22(18,3)14-13-19(21)23)12-11-15-7-4-5-9-17(15)20(24)25/h4-5,7,9,11-12,16,18-19,23H,6,8,10,13-14H2,1-3H3,(H,24,25)/b12-11+/t16-,18?,19+,22-/m1/s1. The van der Waals surface area contributed by atoms with Crippen molar-refractivity contribution in [3.63, 3.8) is 0 Å². The Hall–Kier alpha value is -1.61. The van der Waals surface area contributed by atoms with Crippen LogP contribution in [0.4, 0.5) is 0 Å². The summed E-state index contributed by atoms with van der Waals surface area (Å²) in [6.07, 6.45) is 9.41. The van der Waals surface area contributed by atoms with E-state index in [-0.39, 0.29) is 16.9 Å². The number of carboxylic acid groups (broad SMARTS) is 1. The van der Waals surface area contributed by atoms with Crippen LogP contribution >= 0.6 is 0 Å². The number of benzene rings is 1. The molecule has 3 rings (SSSR count). The number of fused-ring (bicyclic) bond motifs is 1. The average molecular weight is 342 g/mol. The van der Waals surface area contributed by atoms with Crippen molar-refractivity contribution in [3.8, 4) is 0 Å². The van der Waals surface area contributed by atoms with Gasteiger partial charge in [-0.25, -0.2) is 4.79 Å². The normalized spacial score (nSPS) is 34.6. The highest BCUT2D eigenvalue weighted by molar-refractivity contribution is 5.92. The van der Waals surface area contributed by atoms with Gasteiger partial charge >= 0.3 is 5.97 Å². The van der Waals surface area contributed by atoms with Crippen molar-refractivity contribution in [2.45, 2.75) is 59.0 Å². The zero-order valence-electron chi connectivity index (χ0n) is 15.5. The van der Waals surface area contributed by atoms with Crippen LogP contribution in [-0.4, -0.2) is 22.3 Å². The third-order valence-electron chi connectivity index (χ3n) is 7.06. The van der Waals surface area contributed by atoms with E-state index in [1.54, 1.807) is 12.1 Å². The van der Waals surface area contributed by atoms with Gasteiger partial charge < -0.3 is 10.2 Å².